The maximum atomic E-state index is 13.4. The van der Waals surface area contributed by atoms with Gasteiger partial charge in [0.2, 0.25) is 0 Å². The van der Waals surface area contributed by atoms with E-state index in [2.05, 4.69) is 31.0 Å². The van der Waals surface area contributed by atoms with Crippen LogP contribution in [0.1, 0.15) is 65.1 Å². The number of carbonyl (C=O) groups excluding carboxylic acids is 3. The summed E-state index contributed by atoms with van der Waals surface area (Å²) < 4.78 is 12.1. The molecule has 3 aromatic rings. The summed E-state index contributed by atoms with van der Waals surface area (Å²) in [6, 6.07) is 8.42. The molecule has 2 amide bonds. The number of nitrogens with one attached hydrogen (secondary N) is 3. The van der Waals surface area contributed by atoms with Crippen LogP contribution < -0.4 is 20.7 Å². The maximum Gasteiger partial charge on any atom is 0.311 e. The lowest BCUT2D eigenvalue weighted by Gasteiger charge is -2.51. The fraction of sp³-hybridized carbons (Fsp3) is 0.414. The lowest BCUT2D eigenvalue weighted by atomic mass is 9.53. The molecule has 0 unspecified atom stereocenters. The smallest absolute Gasteiger partial charge is 0.311 e. The van der Waals surface area contributed by atoms with E-state index in [0.29, 0.717) is 29.5 Å². The topological polar surface area (TPSA) is 172 Å². The van der Waals surface area contributed by atoms with Gasteiger partial charge >= 0.3 is 5.97 Å². The summed E-state index contributed by atoms with van der Waals surface area (Å²) in [5, 5.41) is 21.5. The van der Waals surface area contributed by atoms with E-state index in [1.807, 2.05) is 12.3 Å². The number of nitriles is 1. The Kier molecular flexibility index (Phi) is 6.97. The minimum Gasteiger partial charge on any atom is -0.483 e. The van der Waals surface area contributed by atoms with E-state index in [1.165, 1.54) is 23.9 Å². The van der Waals surface area contributed by atoms with E-state index in [-0.39, 0.29) is 47.2 Å². The Bertz CT molecular complexity index is 1630. The van der Waals surface area contributed by atoms with Crippen molar-refractivity contribution < 1.29 is 23.9 Å². The van der Waals surface area contributed by atoms with Gasteiger partial charge in [-0.3, -0.25) is 19.7 Å². The highest BCUT2D eigenvalue weighted by Gasteiger charge is 2.53. The average Bonchev–Trinajstić information content (AvgIpc) is 3.51. The van der Waals surface area contributed by atoms with Crippen molar-refractivity contribution in [1.29, 1.82) is 5.26 Å². The van der Waals surface area contributed by atoms with Crippen LogP contribution in [0.4, 0.5) is 5.69 Å². The second kappa shape index (κ2) is 10.8. The van der Waals surface area contributed by atoms with Crippen LogP contribution in [0.25, 0.3) is 5.65 Å². The minimum absolute atomic E-state index is 0.0582. The highest BCUT2D eigenvalue weighted by atomic mass is 16.5. The minimum atomic E-state index is -0.450. The molecule has 1 aliphatic heterocycles. The van der Waals surface area contributed by atoms with Gasteiger partial charge in [0.05, 0.1) is 18.7 Å². The molecule has 2 aromatic heterocycles. The third kappa shape index (κ3) is 5.00. The summed E-state index contributed by atoms with van der Waals surface area (Å²) in [4.78, 5) is 47.6. The van der Waals surface area contributed by atoms with Crippen LogP contribution in [0.15, 0.2) is 41.5 Å². The molecule has 13 heteroatoms. The normalized spacial score (nSPS) is 22.2. The van der Waals surface area contributed by atoms with Gasteiger partial charge in [0.15, 0.2) is 17.7 Å². The summed E-state index contributed by atoms with van der Waals surface area (Å²) in [5.74, 6) is 0.0605. The second-order valence-corrected chi connectivity index (χ2v) is 11.2. The summed E-state index contributed by atoms with van der Waals surface area (Å²) in [6.45, 7) is 0.837. The van der Waals surface area contributed by atoms with Crippen LogP contribution >= 0.6 is 0 Å². The molecule has 216 valence electrons. The van der Waals surface area contributed by atoms with Crippen LogP contribution in [0.3, 0.4) is 0 Å². The van der Waals surface area contributed by atoms with Crippen LogP contribution in [0.2, 0.25) is 0 Å². The highest BCUT2D eigenvalue weighted by molar-refractivity contribution is 5.98. The van der Waals surface area contributed by atoms with Gasteiger partial charge in [-0.15, -0.1) is 0 Å². The van der Waals surface area contributed by atoms with E-state index in [0.717, 1.165) is 44.1 Å². The van der Waals surface area contributed by atoms with Crippen molar-refractivity contribution in [2.75, 3.05) is 20.3 Å². The van der Waals surface area contributed by atoms with E-state index in [4.69, 9.17) is 14.7 Å². The molecule has 4 aliphatic rings. The predicted molar refractivity (Wildman–Crippen MR) is 149 cm³/mol. The summed E-state index contributed by atoms with van der Waals surface area (Å²) in [7, 11) is 1.44. The first-order valence-electron chi connectivity index (χ1n) is 13.8. The lowest BCUT2D eigenvalue weighted by Crippen LogP contribution is -2.50. The molecule has 2 bridgehead atoms. The first kappa shape index (κ1) is 27.2. The number of amidine groups is 1. The monoisotopic (exact) mass is 570 g/mol. The Morgan fingerprint density at radius 1 is 1.07 bits per heavy atom. The highest BCUT2D eigenvalue weighted by Crippen LogP contribution is 2.57. The molecule has 3 fully saturated rings. The summed E-state index contributed by atoms with van der Waals surface area (Å²) in [6.07, 6.45) is 8.19. The van der Waals surface area contributed by atoms with Gasteiger partial charge in [0.25, 0.3) is 11.8 Å². The van der Waals surface area contributed by atoms with Crippen molar-refractivity contribution >= 4 is 35.0 Å². The first-order chi connectivity index (χ1) is 20.3. The molecule has 3 N–H and O–H groups in total. The van der Waals surface area contributed by atoms with Gasteiger partial charge in [0.1, 0.15) is 29.4 Å². The number of fused-ring (bicyclic) bond motifs is 5. The largest absolute Gasteiger partial charge is 0.483 e. The predicted octanol–water partition coefficient (Wildman–Crippen LogP) is 2.40. The molecule has 13 nitrogen and oxygen atoms in total. The van der Waals surface area contributed by atoms with Crippen molar-refractivity contribution in [2.45, 2.75) is 45.1 Å². The molecular weight excluding hydrogens is 540 g/mol. The molecular formula is C29H30N8O5. The Balaban J connectivity index is 1.13. The number of rotatable bonds is 7. The number of esters is 1. The van der Waals surface area contributed by atoms with Crippen molar-refractivity contribution in [3.8, 4) is 11.9 Å². The number of carbonyl (C=O) groups is 3. The van der Waals surface area contributed by atoms with Crippen LogP contribution in [0, 0.1) is 22.3 Å². The Hall–Kier alpha value is -4.99. The molecule has 0 atom stereocenters. The van der Waals surface area contributed by atoms with E-state index in [1.54, 1.807) is 18.2 Å². The van der Waals surface area contributed by atoms with Crippen molar-refractivity contribution in [3.05, 3.63) is 53.5 Å². The molecule has 42 heavy (non-hydrogen) atoms. The Labute approximate surface area is 241 Å². The fourth-order valence-corrected chi connectivity index (χ4v) is 6.21. The quantitative estimate of drug-likeness (QED) is 0.219. The Morgan fingerprint density at radius 2 is 1.86 bits per heavy atom. The Morgan fingerprint density at radius 3 is 2.60 bits per heavy atom. The second-order valence-electron chi connectivity index (χ2n) is 11.2. The van der Waals surface area contributed by atoms with Gasteiger partial charge < -0.3 is 20.1 Å². The van der Waals surface area contributed by atoms with Crippen molar-refractivity contribution in [3.63, 3.8) is 0 Å². The third-order valence-electron chi connectivity index (χ3n) is 8.77. The molecule has 3 saturated carbocycles. The fourth-order valence-electron chi connectivity index (χ4n) is 6.21. The van der Waals surface area contributed by atoms with E-state index >= 15 is 0 Å². The number of methoxy groups -OCH3 is 1. The zero-order valence-electron chi connectivity index (χ0n) is 23.1. The maximum absolute atomic E-state index is 13.4. The molecule has 3 heterocycles. The van der Waals surface area contributed by atoms with Gasteiger partial charge in [-0.2, -0.15) is 10.4 Å². The van der Waals surface area contributed by atoms with E-state index < -0.39 is 5.91 Å². The van der Waals surface area contributed by atoms with Crippen LogP contribution in [-0.2, 0) is 16.1 Å². The number of ether oxygens (including phenoxy) is 2. The van der Waals surface area contributed by atoms with Crippen molar-refractivity contribution in [1.82, 2.24) is 30.5 Å². The number of hydrogen-bond donors (Lipinski definition) is 3. The number of amides is 2. The third-order valence-corrected chi connectivity index (χ3v) is 8.77. The molecule has 0 radical (unpaired) electrons. The van der Waals surface area contributed by atoms with E-state index in [9.17, 15) is 14.4 Å². The summed E-state index contributed by atoms with van der Waals surface area (Å²) in [5.41, 5.74) is 1.55. The van der Waals surface area contributed by atoms with Gasteiger partial charge in [-0.1, -0.05) is 6.07 Å². The lowest BCUT2D eigenvalue weighted by molar-refractivity contribution is -0.162. The standard InChI is InChI=1S/C29H30N8O5/c1-41-27(40)29-8-5-28(6-9-29,7-10-29)16-32-26(39)21-13-20(36-24-4-11-34-37(21)24)25(38)31-14-18-2-3-22-19(12-18)35-23(15-42-22)33-17-30/h2-4,11-13H,5-10,14-16H2,1H3,(H,31,38)(H,32,39)(H,33,35). The SMILES string of the molecule is COC(=O)C12CCC(CNC(=O)c3cc(C(=O)NCc4ccc5c(c4)N=C(NC#N)CO5)nc4ccnn34)(CC1)CC2. The summed E-state index contributed by atoms with van der Waals surface area (Å²) >= 11 is 0. The van der Waals surface area contributed by atoms with Crippen LogP contribution in [-0.4, -0.2) is 58.5 Å². The molecule has 1 aromatic carbocycles. The van der Waals surface area contributed by atoms with Gasteiger partial charge in [-0.05, 0) is 61.6 Å². The number of aromatic nitrogens is 3. The number of nitrogens with zero attached hydrogens (tertiary/aromatic N) is 5. The molecule has 3 aliphatic carbocycles. The average molecular weight is 571 g/mol. The first-order valence-corrected chi connectivity index (χ1v) is 13.8. The number of aliphatic imine (C=N–C) groups is 1. The van der Waals surface area contributed by atoms with Crippen molar-refractivity contribution in [2.24, 2.45) is 15.8 Å². The number of hydrogen-bond acceptors (Lipinski definition) is 10. The molecule has 0 spiro atoms. The zero-order valence-corrected chi connectivity index (χ0v) is 23.1. The zero-order chi connectivity index (χ0) is 29.3. The molecule has 0 saturated heterocycles. The van der Waals surface area contributed by atoms with Gasteiger partial charge in [0, 0.05) is 25.2 Å². The van der Waals surface area contributed by atoms with Crippen LogP contribution in [0.5, 0.6) is 5.75 Å². The number of benzene rings is 1. The molecule has 7 rings (SSSR count). The van der Waals surface area contributed by atoms with Gasteiger partial charge in [-0.25, -0.2) is 14.5 Å².